The first-order valence-corrected chi connectivity index (χ1v) is 9.93. The molecule has 138 valence electrons. The van der Waals surface area contributed by atoms with E-state index < -0.39 is 0 Å². The zero-order chi connectivity index (χ0) is 19.1. The van der Waals surface area contributed by atoms with Crippen LogP contribution in [0, 0.1) is 0 Å². The molecule has 0 aliphatic heterocycles. The van der Waals surface area contributed by atoms with Gasteiger partial charge >= 0.3 is 0 Å². The third kappa shape index (κ3) is 5.81. The minimum absolute atomic E-state index is 0.0834. The Kier molecular flexibility index (Phi) is 8.10. The van der Waals surface area contributed by atoms with Gasteiger partial charge in [0.25, 0.3) is 0 Å². The molecule has 0 fully saturated rings. The predicted octanol–water partition coefficient (Wildman–Crippen LogP) is 5.23. The Morgan fingerprint density at radius 2 is 1.62 bits per heavy atom. The van der Waals surface area contributed by atoms with Crippen LogP contribution < -0.4 is 5.32 Å². The minimum Gasteiger partial charge on any atom is -0.333 e. The van der Waals surface area contributed by atoms with Crippen molar-refractivity contribution in [3.63, 3.8) is 0 Å². The van der Waals surface area contributed by atoms with Gasteiger partial charge in [-0.15, -0.1) is 11.8 Å². The summed E-state index contributed by atoms with van der Waals surface area (Å²) in [5.41, 5.74) is 0.342. The van der Waals surface area contributed by atoms with E-state index in [9.17, 15) is 9.59 Å². The second-order valence-electron chi connectivity index (χ2n) is 5.27. The van der Waals surface area contributed by atoms with Crippen molar-refractivity contribution in [2.45, 2.75) is 11.8 Å². The van der Waals surface area contributed by atoms with Gasteiger partial charge in [-0.3, -0.25) is 9.59 Å². The van der Waals surface area contributed by atoms with E-state index in [0.29, 0.717) is 27.3 Å². The quantitative estimate of drug-likeness (QED) is 0.611. The van der Waals surface area contributed by atoms with Gasteiger partial charge in [0.05, 0.1) is 33.1 Å². The average Bonchev–Trinajstić information content (AvgIpc) is 2.62. The fourth-order valence-electron chi connectivity index (χ4n) is 2.14. The Bertz CT molecular complexity index is 782. The number of anilines is 1. The molecule has 0 spiro atoms. The van der Waals surface area contributed by atoms with Gasteiger partial charge in [-0.25, -0.2) is 0 Å². The predicted molar refractivity (Wildman–Crippen MR) is 110 cm³/mol. The van der Waals surface area contributed by atoms with Crippen molar-refractivity contribution >= 4 is 64.1 Å². The van der Waals surface area contributed by atoms with Crippen molar-refractivity contribution in [2.75, 3.05) is 24.2 Å². The number of para-hydroxylation sites is 1. The summed E-state index contributed by atoms with van der Waals surface area (Å²) in [6, 6.07) is 12.3. The molecule has 2 rings (SSSR count). The second-order valence-corrected chi connectivity index (χ2v) is 7.51. The smallest absolute Gasteiger partial charge is 0.244 e. The SMILES string of the molecule is CCN(CC(=O)Nc1c(Cl)cccc1Cl)C(=O)CSc1ccccc1Cl. The zero-order valence-corrected chi connectivity index (χ0v) is 17.1. The summed E-state index contributed by atoms with van der Waals surface area (Å²) in [4.78, 5) is 27.0. The zero-order valence-electron chi connectivity index (χ0n) is 14.0. The number of carbonyl (C=O) groups is 2. The lowest BCUT2D eigenvalue weighted by Crippen LogP contribution is -2.38. The van der Waals surface area contributed by atoms with Crippen LogP contribution in [-0.2, 0) is 9.59 Å². The molecule has 2 amide bonds. The van der Waals surface area contributed by atoms with Gasteiger partial charge in [0, 0.05) is 11.4 Å². The molecule has 0 radical (unpaired) electrons. The van der Waals surface area contributed by atoms with Crippen LogP contribution in [0.5, 0.6) is 0 Å². The van der Waals surface area contributed by atoms with E-state index in [1.807, 2.05) is 25.1 Å². The first-order valence-electron chi connectivity index (χ1n) is 7.81. The fraction of sp³-hybridized carbons (Fsp3) is 0.222. The van der Waals surface area contributed by atoms with Crippen molar-refractivity contribution < 1.29 is 9.59 Å². The molecule has 0 aliphatic carbocycles. The lowest BCUT2D eigenvalue weighted by atomic mass is 10.3. The van der Waals surface area contributed by atoms with Crippen molar-refractivity contribution in [3.8, 4) is 0 Å². The molecule has 0 bridgehead atoms. The minimum atomic E-state index is -0.363. The third-order valence-electron chi connectivity index (χ3n) is 3.48. The molecule has 8 heteroatoms. The first-order chi connectivity index (χ1) is 12.4. The highest BCUT2D eigenvalue weighted by Crippen LogP contribution is 2.30. The van der Waals surface area contributed by atoms with Crippen LogP contribution in [0.1, 0.15) is 6.92 Å². The van der Waals surface area contributed by atoms with E-state index in [2.05, 4.69) is 5.32 Å². The Hall–Kier alpha value is -1.40. The second kappa shape index (κ2) is 10.1. The number of rotatable bonds is 7. The highest BCUT2D eigenvalue weighted by molar-refractivity contribution is 8.00. The maximum absolute atomic E-state index is 12.4. The summed E-state index contributed by atoms with van der Waals surface area (Å²) < 4.78 is 0. The highest BCUT2D eigenvalue weighted by Gasteiger charge is 2.18. The van der Waals surface area contributed by atoms with Gasteiger partial charge in [0.15, 0.2) is 0 Å². The van der Waals surface area contributed by atoms with E-state index in [-0.39, 0.29) is 24.1 Å². The summed E-state index contributed by atoms with van der Waals surface area (Å²) in [6.45, 7) is 2.14. The molecule has 0 unspecified atom stereocenters. The number of hydrogen-bond donors (Lipinski definition) is 1. The van der Waals surface area contributed by atoms with E-state index in [1.54, 1.807) is 24.3 Å². The normalized spacial score (nSPS) is 10.5. The summed E-state index contributed by atoms with van der Waals surface area (Å²) >= 11 is 19.5. The van der Waals surface area contributed by atoms with Crippen molar-refractivity contribution in [3.05, 3.63) is 57.5 Å². The molecule has 2 aromatic carbocycles. The number of carbonyl (C=O) groups excluding carboxylic acids is 2. The molecule has 26 heavy (non-hydrogen) atoms. The van der Waals surface area contributed by atoms with E-state index >= 15 is 0 Å². The van der Waals surface area contributed by atoms with Gasteiger partial charge in [-0.2, -0.15) is 0 Å². The van der Waals surface area contributed by atoms with Gasteiger partial charge in [-0.05, 0) is 31.2 Å². The standard InChI is InChI=1S/C18H17Cl3N2O2S/c1-2-23(17(25)11-26-15-9-4-3-6-12(15)19)10-16(24)22-18-13(20)7-5-8-14(18)21/h3-9H,2,10-11H2,1H3,(H,22,24). The van der Waals surface area contributed by atoms with Crippen molar-refractivity contribution in [2.24, 2.45) is 0 Å². The Morgan fingerprint density at radius 3 is 2.23 bits per heavy atom. The number of halogens is 3. The maximum atomic E-state index is 12.4. The van der Waals surface area contributed by atoms with Gasteiger partial charge < -0.3 is 10.2 Å². The number of thioether (sulfide) groups is 1. The molecule has 0 atom stereocenters. The van der Waals surface area contributed by atoms with Crippen molar-refractivity contribution in [1.82, 2.24) is 4.90 Å². The van der Waals surface area contributed by atoms with E-state index in [4.69, 9.17) is 34.8 Å². The van der Waals surface area contributed by atoms with Crippen LogP contribution in [-0.4, -0.2) is 35.6 Å². The number of amides is 2. The molecule has 2 aromatic rings. The molecule has 1 N–H and O–H groups in total. The van der Waals surface area contributed by atoms with Gasteiger partial charge in [-0.1, -0.05) is 53.0 Å². The average molecular weight is 432 g/mol. The summed E-state index contributed by atoms with van der Waals surface area (Å²) in [5, 5.41) is 3.94. The number of nitrogens with one attached hydrogen (secondary N) is 1. The van der Waals surface area contributed by atoms with Gasteiger partial charge in [0.2, 0.25) is 11.8 Å². The molecular weight excluding hydrogens is 415 g/mol. The Balaban J connectivity index is 1.94. The van der Waals surface area contributed by atoms with Crippen LogP contribution in [0.15, 0.2) is 47.4 Å². The number of hydrogen-bond acceptors (Lipinski definition) is 3. The lowest BCUT2D eigenvalue weighted by Gasteiger charge is -2.20. The molecular formula is C18H17Cl3N2O2S. The third-order valence-corrected chi connectivity index (χ3v) is 5.61. The first kappa shape index (κ1) is 20.9. The number of nitrogens with zero attached hydrogens (tertiary/aromatic N) is 1. The van der Waals surface area contributed by atoms with Crippen LogP contribution in [0.4, 0.5) is 5.69 Å². The monoisotopic (exact) mass is 430 g/mol. The van der Waals surface area contributed by atoms with E-state index in [1.165, 1.54) is 16.7 Å². The van der Waals surface area contributed by atoms with Crippen LogP contribution >= 0.6 is 46.6 Å². The molecule has 0 heterocycles. The molecule has 0 aromatic heterocycles. The topological polar surface area (TPSA) is 49.4 Å². The molecule has 4 nitrogen and oxygen atoms in total. The summed E-state index contributed by atoms with van der Waals surface area (Å²) in [5.74, 6) is -0.326. The van der Waals surface area contributed by atoms with Gasteiger partial charge in [0.1, 0.15) is 0 Å². The summed E-state index contributed by atoms with van der Waals surface area (Å²) in [7, 11) is 0. The number of benzene rings is 2. The molecule has 0 aliphatic rings. The van der Waals surface area contributed by atoms with Crippen LogP contribution in [0.3, 0.4) is 0 Å². The fourth-order valence-corrected chi connectivity index (χ4v) is 3.77. The Labute approximate surface area is 171 Å². The molecule has 0 saturated heterocycles. The maximum Gasteiger partial charge on any atom is 0.244 e. The highest BCUT2D eigenvalue weighted by atomic mass is 35.5. The summed E-state index contributed by atoms with van der Waals surface area (Å²) in [6.07, 6.45) is 0. The number of likely N-dealkylation sites (N-methyl/N-ethyl adjacent to an activating group) is 1. The Morgan fingerprint density at radius 1 is 1.00 bits per heavy atom. The van der Waals surface area contributed by atoms with Crippen LogP contribution in [0.2, 0.25) is 15.1 Å². The van der Waals surface area contributed by atoms with Crippen LogP contribution in [0.25, 0.3) is 0 Å². The lowest BCUT2D eigenvalue weighted by molar-refractivity contribution is -0.132. The molecule has 0 saturated carbocycles. The van der Waals surface area contributed by atoms with E-state index in [0.717, 1.165) is 4.90 Å². The van der Waals surface area contributed by atoms with Crippen molar-refractivity contribution in [1.29, 1.82) is 0 Å². The largest absolute Gasteiger partial charge is 0.333 e.